The number of hydrogen-bond donors (Lipinski definition) is 1. The lowest BCUT2D eigenvalue weighted by molar-refractivity contribution is 0.799. The van der Waals surface area contributed by atoms with Crippen LogP contribution in [-0.2, 0) is 6.42 Å². The van der Waals surface area contributed by atoms with Gasteiger partial charge < -0.3 is 4.98 Å². The van der Waals surface area contributed by atoms with Crippen molar-refractivity contribution < 1.29 is 0 Å². The van der Waals surface area contributed by atoms with Crippen molar-refractivity contribution in [1.29, 1.82) is 0 Å². The normalized spacial score (nSPS) is 18.6. The van der Waals surface area contributed by atoms with Gasteiger partial charge in [0.1, 0.15) is 5.82 Å². The fraction of sp³-hybridized carbons (Fsp3) is 0.333. The van der Waals surface area contributed by atoms with Crippen LogP contribution in [0.15, 0.2) is 29.3 Å². The summed E-state index contributed by atoms with van der Waals surface area (Å²) in [5.74, 6) is 1.04. The fourth-order valence-corrected chi connectivity index (χ4v) is 2.27. The first kappa shape index (κ1) is 11.2. The smallest absolute Gasteiger partial charge is 0.106 e. The lowest BCUT2D eigenvalue weighted by Crippen LogP contribution is -1.91. The Morgan fingerprint density at radius 2 is 2.17 bits per heavy atom. The fourth-order valence-electron chi connectivity index (χ4n) is 2.27. The highest BCUT2D eigenvalue weighted by molar-refractivity contribution is 6.12. The molecule has 1 aliphatic rings. The van der Waals surface area contributed by atoms with Gasteiger partial charge in [-0.1, -0.05) is 26.0 Å². The average molecular weight is 239 g/mol. The summed E-state index contributed by atoms with van der Waals surface area (Å²) in [6.45, 7) is 4.27. The van der Waals surface area contributed by atoms with E-state index in [9.17, 15) is 0 Å². The summed E-state index contributed by atoms with van der Waals surface area (Å²) in [5.41, 5.74) is 4.58. The molecule has 0 saturated heterocycles. The van der Waals surface area contributed by atoms with E-state index in [1.54, 1.807) is 0 Å². The van der Waals surface area contributed by atoms with Gasteiger partial charge in [0.2, 0.25) is 0 Å². The molecule has 0 saturated carbocycles. The van der Waals surface area contributed by atoms with Gasteiger partial charge in [0.15, 0.2) is 0 Å². The minimum Gasteiger partial charge on any atom is -0.342 e. The van der Waals surface area contributed by atoms with E-state index in [0.29, 0.717) is 6.04 Å². The highest BCUT2D eigenvalue weighted by Crippen LogP contribution is 2.23. The number of nitrogens with one attached hydrogen (secondary N) is 1. The van der Waals surface area contributed by atoms with Crippen LogP contribution >= 0.6 is 0 Å². The Morgan fingerprint density at radius 3 is 2.89 bits per heavy atom. The van der Waals surface area contributed by atoms with Crippen molar-refractivity contribution >= 4 is 22.8 Å². The van der Waals surface area contributed by atoms with Crippen LogP contribution < -0.4 is 0 Å². The van der Waals surface area contributed by atoms with Crippen LogP contribution in [0.5, 0.6) is 0 Å². The van der Waals surface area contributed by atoms with Crippen LogP contribution in [0.2, 0.25) is 0 Å². The summed E-state index contributed by atoms with van der Waals surface area (Å²) < 4.78 is 0. The lowest BCUT2D eigenvalue weighted by atomic mass is 10.1. The predicted octanol–water partition coefficient (Wildman–Crippen LogP) is 3.37. The monoisotopic (exact) mass is 239 g/mol. The molecule has 92 valence electrons. The molecule has 0 bridgehead atoms. The highest BCUT2D eigenvalue weighted by Gasteiger charge is 2.11. The van der Waals surface area contributed by atoms with Crippen molar-refractivity contribution in [1.82, 2.24) is 9.97 Å². The van der Waals surface area contributed by atoms with Crippen LogP contribution in [-0.4, -0.2) is 22.2 Å². The topological polar surface area (TPSA) is 41.0 Å². The second-order valence-electron chi connectivity index (χ2n) is 4.64. The first-order chi connectivity index (χ1) is 8.80. The maximum Gasteiger partial charge on any atom is 0.106 e. The Balaban J connectivity index is 2.01. The molecular weight excluding hydrogens is 222 g/mol. The van der Waals surface area contributed by atoms with E-state index < -0.39 is 0 Å². The Kier molecular flexibility index (Phi) is 2.74. The minimum atomic E-state index is 0.351. The number of aromatic amines is 1. The van der Waals surface area contributed by atoms with Crippen molar-refractivity contribution in [3.05, 3.63) is 35.7 Å². The molecule has 1 aliphatic heterocycles. The van der Waals surface area contributed by atoms with Gasteiger partial charge in [-0.05, 0) is 29.7 Å². The second-order valence-corrected chi connectivity index (χ2v) is 4.64. The third-order valence-corrected chi connectivity index (χ3v) is 3.39. The maximum absolute atomic E-state index is 4.52. The van der Waals surface area contributed by atoms with Crippen molar-refractivity contribution in [2.24, 2.45) is 4.99 Å². The third kappa shape index (κ3) is 1.86. The number of fused-ring (bicyclic) bond motifs is 1. The number of hydrogen-bond acceptors (Lipinski definition) is 2. The Bertz CT molecular complexity index is 634. The van der Waals surface area contributed by atoms with E-state index in [2.05, 4.69) is 53.1 Å². The molecule has 3 heteroatoms. The van der Waals surface area contributed by atoms with Crippen molar-refractivity contribution in [3.63, 3.8) is 0 Å². The molecule has 18 heavy (non-hydrogen) atoms. The molecule has 2 heterocycles. The van der Waals surface area contributed by atoms with Crippen LogP contribution in [0, 0.1) is 0 Å². The number of aliphatic imine (C=N–C) groups is 1. The number of aromatic nitrogens is 2. The first-order valence-electron chi connectivity index (χ1n) is 6.54. The molecule has 3 nitrogen and oxygen atoms in total. The van der Waals surface area contributed by atoms with E-state index in [0.717, 1.165) is 29.7 Å². The lowest BCUT2D eigenvalue weighted by Gasteiger charge is -1.99. The zero-order chi connectivity index (χ0) is 12.5. The van der Waals surface area contributed by atoms with E-state index >= 15 is 0 Å². The third-order valence-electron chi connectivity index (χ3n) is 3.39. The zero-order valence-electron chi connectivity index (χ0n) is 10.8. The molecule has 1 aromatic carbocycles. The Labute approximate surface area is 107 Å². The summed E-state index contributed by atoms with van der Waals surface area (Å²) in [4.78, 5) is 12.3. The van der Waals surface area contributed by atoms with Gasteiger partial charge in [0.25, 0.3) is 0 Å². The number of nitrogens with zero attached hydrogens (tertiary/aromatic N) is 2. The summed E-state index contributed by atoms with van der Waals surface area (Å²) in [7, 11) is 0. The number of H-pyrrole nitrogens is 1. The highest BCUT2D eigenvalue weighted by atomic mass is 14.9. The van der Waals surface area contributed by atoms with Gasteiger partial charge in [0.05, 0.1) is 17.1 Å². The van der Waals surface area contributed by atoms with E-state index in [1.807, 2.05) is 6.21 Å². The molecule has 1 unspecified atom stereocenters. The molecule has 0 fully saturated rings. The molecule has 0 spiro atoms. The molecular formula is C15H17N3. The molecule has 0 aliphatic carbocycles. The largest absolute Gasteiger partial charge is 0.342 e. The quantitative estimate of drug-likeness (QED) is 0.876. The van der Waals surface area contributed by atoms with Crippen molar-refractivity contribution in [2.45, 2.75) is 32.7 Å². The van der Waals surface area contributed by atoms with Gasteiger partial charge >= 0.3 is 0 Å². The van der Waals surface area contributed by atoms with Crippen LogP contribution in [0.3, 0.4) is 0 Å². The average Bonchev–Trinajstić information content (AvgIpc) is 3.03. The Hall–Kier alpha value is -1.90. The number of imidazole rings is 1. The number of rotatable bonds is 3. The molecule has 1 aromatic heterocycles. The number of allylic oxidation sites excluding steroid dienone is 1. The van der Waals surface area contributed by atoms with E-state index in [1.165, 1.54) is 11.1 Å². The SMILES string of the molecule is CCc1nc2ccc(C3=CC(CC)N=C3)cc2[nH]1. The van der Waals surface area contributed by atoms with Crippen LogP contribution in [0.25, 0.3) is 16.6 Å². The standard InChI is InChI=1S/C15H17N3/c1-3-12-7-11(9-16-12)10-5-6-13-14(8-10)18-15(4-2)17-13/h5-9,12H,3-4H2,1-2H3,(H,17,18). The molecule has 1 atom stereocenters. The van der Waals surface area contributed by atoms with Gasteiger partial charge in [-0.25, -0.2) is 4.98 Å². The summed E-state index contributed by atoms with van der Waals surface area (Å²) in [6, 6.07) is 6.72. The van der Waals surface area contributed by atoms with E-state index in [-0.39, 0.29) is 0 Å². The molecule has 1 N–H and O–H groups in total. The van der Waals surface area contributed by atoms with Gasteiger partial charge in [0, 0.05) is 12.6 Å². The zero-order valence-corrected chi connectivity index (χ0v) is 10.8. The van der Waals surface area contributed by atoms with Crippen LogP contribution in [0.1, 0.15) is 31.7 Å². The van der Waals surface area contributed by atoms with Gasteiger partial charge in [-0.15, -0.1) is 0 Å². The maximum atomic E-state index is 4.52. The minimum absolute atomic E-state index is 0.351. The number of benzene rings is 1. The number of aryl methyl sites for hydroxylation is 1. The molecule has 0 amide bonds. The summed E-state index contributed by atoms with van der Waals surface area (Å²) >= 11 is 0. The first-order valence-corrected chi connectivity index (χ1v) is 6.54. The van der Waals surface area contributed by atoms with E-state index in [4.69, 9.17) is 0 Å². The molecule has 0 radical (unpaired) electrons. The van der Waals surface area contributed by atoms with Crippen LogP contribution in [0.4, 0.5) is 0 Å². The second kappa shape index (κ2) is 4.41. The van der Waals surface area contributed by atoms with Gasteiger partial charge in [-0.2, -0.15) is 0 Å². The van der Waals surface area contributed by atoms with Crippen molar-refractivity contribution in [2.75, 3.05) is 0 Å². The Morgan fingerprint density at radius 1 is 1.28 bits per heavy atom. The predicted molar refractivity (Wildman–Crippen MR) is 76.0 cm³/mol. The summed E-state index contributed by atoms with van der Waals surface area (Å²) in [5, 5.41) is 0. The van der Waals surface area contributed by atoms with Gasteiger partial charge in [-0.3, -0.25) is 4.99 Å². The molecule has 2 aromatic rings. The summed E-state index contributed by atoms with van der Waals surface area (Å²) in [6.07, 6.45) is 6.21. The van der Waals surface area contributed by atoms with Crippen molar-refractivity contribution in [3.8, 4) is 0 Å². The molecule has 3 rings (SSSR count).